The van der Waals surface area contributed by atoms with Gasteiger partial charge in [0.2, 0.25) is 0 Å². The van der Waals surface area contributed by atoms with Gasteiger partial charge < -0.3 is 9.05 Å². The lowest BCUT2D eigenvalue weighted by molar-refractivity contribution is 0.258. The van der Waals surface area contributed by atoms with Crippen LogP contribution in [0.1, 0.15) is 147 Å². The third-order valence-corrected chi connectivity index (χ3v) is 11.5. The third-order valence-electron chi connectivity index (χ3n) is 10.4. The predicted molar refractivity (Wildman–Crippen MR) is 224 cm³/mol. The van der Waals surface area contributed by atoms with Crippen molar-refractivity contribution in [2.75, 3.05) is 6.61 Å². The lowest BCUT2D eigenvalue weighted by Gasteiger charge is -2.27. The molecule has 0 radical (unpaired) electrons. The van der Waals surface area contributed by atoms with Crippen molar-refractivity contribution >= 4 is 8.60 Å². The summed E-state index contributed by atoms with van der Waals surface area (Å²) in [5.41, 5.74) is 4.81. The molecule has 0 N–H and O–H groups in total. The maximum absolute atomic E-state index is 6.40. The first-order chi connectivity index (χ1) is 25.3. The zero-order chi connectivity index (χ0) is 36.9. The normalized spacial score (nSPS) is 12.1. The van der Waals surface area contributed by atoms with Crippen LogP contribution in [0.25, 0.3) is 0 Å². The smallest absolute Gasteiger partial charge is 0.418 e. The van der Waals surface area contributed by atoms with Gasteiger partial charge in [0.15, 0.2) is 0 Å². The van der Waals surface area contributed by atoms with E-state index in [2.05, 4.69) is 132 Å². The van der Waals surface area contributed by atoms with E-state index < -0.39 is 8.60 Å². The minimum absolute atomic E-state index is 0.114. The Morgan fingerprint density at radius 2 is 0.808 bits per heavy atom. The van der Waals surface area contributed by atoms with Crippen molar-refractivity contribution in [3.8, 4) is 11.5 Å². The lowest BCUT2D eigenvalue weighted by Crippen LogP contribution is -2.18. The topological polar surface area (TPSA) is 27.7 Å². The molecule has 0 spiro atoms. The summed E-state index contributed by atoms with van der Waals surface area (Å²) in [4.78, 5) is 0. The highest BCUT2D eigenvalue weighted by Gasteiger charge is 2.25. The highest BCUT2D eigenvalue weighted by Crippen LogP contribution is 2.43. The van der Waals surface area contributed by atoms with E-state index in [0.29, 0.717) is 6.61 Å². The zero-order valence-corrected chi connectivity index (χ0v) is 33.7. The van der Waals surface area contributed by atoms with Gasteiger partial charge in [-0.25, -0.2) is 0 Å². The first-order valence-corrected chi connectivity index (χ1v) is 21.2. The van der Waals surface area contributed by atoms with Crippen LogP contribution < -0.4 is 9.05 Å². The second kappa shape index (κ2) is 22.6. The van der Waals surface area contributed by atoms with E-state index in [1.54, 1.807) is 0 Å². The van der Waals surface area contributed by atoms with Crippen LogP contribution >= 0.6 is 8.60 Å². The molecule has 0 heterocycles. The van der Waals surface area contributed by atoms with Gasteiger partial charge in [0.25, 0.3) is 0 Å². The highest BCUT2D eigenvalue weighted by atomic mass is 31.2. The Morgan fingerprint density at radius 3 is 1.23 bits per heavy atom. The molecule has 0 atom stereocenters. The van der Waals surface area contributed by atoms with Gasteiger partial charge in [0.1, 0.15) is 11.5 Å². The predicted octanol–water partition coefficient (Wildman–Crippen LogP) is 15.1. The largest absolute Gasteiger partial charge is 0.463 e. The molecule has 0 aromatic heterocycles. The Balaban J connectivity index is 1.25. The van der Waals surface area contributed by atoms with Crippen LogP contribution in [0.15, 0.2) is 121 Å². The Hall–Kier alpha value is -3.39. The second-order valence-electron chi connectivity index (χ2n) is 15.2. The van der Waals surface area contributed by atoms with Crippen LogP contribution in [0.2, 0.25) is 0 Å². The Morgan fingerprint density at radius 1 is 0.442 bits per heavy atom. The minimum Gasteiger partial charge on any atom is -0.418 e. The van der Waals surface area contributed by atoms with Gasteiger partial charge in [0, 0.05) is 10.8 Å². The molecular weight excluding hydrogens is 655 g/mol. The van der Waals surface area contributed by atoms with Gasteiger partial charge in [-0.15, -0.1) is 0 Å². The first-order valence-electron chi connectivity index (χ1n) is 20.1. The SMILES string of the molecule is CCCCCCCCC=CCCCCCCCCOP(Oc1ccc(C(C)(C)c2ccccc2)cc1)Oc1ccc(C(C)(C)c2ccccc2)cc1. The molecule has 52 heavy (non-hydrogen) atoms. The molecule has 0 aliphatic rings. The Labute approximate surface area is 318 Å². The van der Waals surface area contributed by atoms with Crippen LogP contribution in [0.3, 0.4) is 0 Å². The van der Waals surface area contributed by atoms with Crippen molar-refractivity contribution in [1.82, 2.24) is 0 Å². The highest BCUT2D eigenvalue weighted by molar-refractivity contribution is 7.42. The molecule has 4 aromatic rings. The van der Waals surface area contributed by atoms with Crippen molar-refractivity contribution in [3.05, 3.63) is 144 Å². The summed E-state index contributed by atoms with van der Waals surface area (Å²) in [6.07, 6.45) is 22.8. The Bertz CT molecular complexity index is 1430. The van der Waals surface area contributed by atoms with Crippen molar-refractivity contribution in [2.24, 2.45) is 0 Å². The standard InChI is InChI=1S/C48H65O3P/c1-6-7-8-9-10-11-12-13-14-15-16-17-18-19-20-27-40-49-52(50-45-36-32-43(33-37-45)47(2,3)41-28-23-21-24-29-41)51-46-38-34-44(35-39-46)48(4,5)42-30-25-22-26-31-42/h13-14,21-26,28-39H,6-12,15-20,27,40H2,1-5H3. The maximum Gasteiger partial charge on any atom is 0.463 e. The van der Waals surface area contributed by atoms with E-state index in [4.69, 9.17) is 13.6 Å². The molecule has 0 saturated carbocycles. The quantitative estimate of drug-likeness (QED) is 0.0388. The van der Waals surface area contributed by atoms with Crippen LogP contribution in [0, 0.1) is 0 Å². The third kappa shape index (κ3) is 13.9. The number of unbranched alkanes of at least 4 members (excludes halogenated alkanes) is 12. The molecule has 0 fully saturated rings. The summed E-state index contributed by atoms with van der Waals surface area (Å²) in [6, 6.07) is 38.1. The zero-order valence-electron chi connectivity index (χ0n) is 32.8. The molecule has 4 heteroatoms. The second-order valence-corrected chi connectivity index (χ2v) is 16.3. The number of rotatable bonds is 25. The van der Waals surface area contributed by atoms with Gasteiger partial charge >= 0.3 is 8.60 Å². The van der Waals surface area contributed by atoms with Gasteiger partial charge in [-0.2, -0.15) is 0 Å². The van der Waals surface area contributed by atoms with Crippen LogP contribution in [0.5, 0.6) is 11.5 Å². The van der Waals surface area contributed by atoms with Crippen molar-refractivity contribution in [3.63, 3.8) is 0 Å². The van der Waals surface area contributed by atoms with Gasteiger partial charge in [0.05, 0.1) is 6.61 Å². The molecule has 0 bridgehead atoms. The first kappa shape index (κ1) is 41.4. The fourth-order valence-corrected chi connectivity index (χ4v) is 7.65. The number of hydrogen-bond acceptors (Lipinski definition) is 3. The maximum atomic E-state index is 6.40. The number of allylic oxidation sites excluding steroid dienone is 2. The van der Waals surface area contributed by atoms with Gasteiger partial charge in [-0.05, 0) is 78.6 Å². The summed E-state index contributed by atoms with van der Waals surface area (Å²) in [6.45, 7) is 11.9. The molecular formula is C48H65O3P. The number of benzene rings is 4. The monoisotopic (exact) mass is 720 g/mol. The summed E-state index contributed by atoms with van der Waals surface area (Å²) in [5.74, 6) is 1.50. The molecule has 4 aromatic carbocycles. The van der Waals surface area contributed by atoms with E-state index in [0.717, 1.165) is 24.3 Å². The van der Waals surface area contributed by atoms with E-state index >= 15 is 0 Å². The summed E-state index contributed by atoms with van der Waals surface area (Å²) in [7, 11) is -1.63. The average Bonchev–Trinajstić information content (AvgIpc) is 3.17. The minimum atomic E-state index is -1.63. The number of hydrogen-bond donors (Lipinski definition) is 0. The van der Waals surface area contributed by atoms with E-state index in [1.165, 1.54) is 99.3 Å². The summed E-state index contributed by atoms with van der Waals surface area (Å²) in [5, 5.41) is 0. The van der Waals surface area contributed by atoms with Crippen molar-refractivity contribution in [1.29, 1.82) is 0 Å². The fourth-order valence-electron chi connectivity index (χ4n) is 6.64. The molecule has 0 unspecified atom stereocenters. The van der Waals surface area contributed by atoms with E-state index in [-0.39, 0.29) is 10.8 Å². The Kier molecular flexibility index (Phi) is 18.0. The molecule has 0 saturated heterocycles. The molecule has 0 amide bonds. The van der Waals surface area contributed by atoms with Crippen molar-refractivity contribution in [2.45, 2.75) is 135 Å². The molecule has 0 aliphatic carbocycles. The van der Waals surface area contributed by atoms with Crippen LogP contribution in [-0.2, 0) is 15.4 Å². The fraction of sp³-hybridized carbons (Fsp3) is 0.458. The van der Waals surface area contributed by atoms with Gasteiger partial charge in [-0.3, -0.25) is 4.52 Å². The molecule has 0 aliphatic heterocycles. The van der Waals surface area contributed by atoms with Crippen molar-refractivity contribution < 1.29 is 13.6 Å². The lowest BCUT2D eigenvalue weighted by atomic mass is 9.78. The van der Waals surface area contributed by atoms with Crippen LogP contribution in [0.4, 0.5) is 0 Å². The molecule has 3 nitrogen and oxygen atoms in total. The van der Waals surface area contributed by atoms with E-state index in [1.807, 2.05) is 24.3 Å². The average molecular weight is 721 g/mol. The molecule has 4 rings (SSSR count). The molecule has 280 valence electrons. The van der Waals surface area contributed by atoms with Gasteiger partial charge in [-0.1, -0.05) is 189 Å². The summed E-state index contributed by atoms with van der Waals surface area (Å²) >= 11 is 0. The summed E-state index contributed by atoms with van der Waals surface area (Å²) < 4.78 is 19.1. The van der Waals surface area contributed by atoms with Crippen LogP contribution in [-0.4, -0.2) is 6.61 Å². The van der Waals surface area contributed by atoms with E-state index in [9.17, 15) is 0 Å².